The van der Waals surface area contributed by atoms with Crippen LogP contribution in [0.3, 0.4) is 0 Å². The Kier molecular flexibility index (Phi) is 4.33. The summed E-state index contributed by atoms with van der Waals surface area (Å²) >= 11 is 0. The minimum atomic E-state index is -0.673. The van der Waals surface area contributed by atoms with Gasteiger partial charge in [0, 0.05) is 6.54 Å². The molecule has 0 radical (unpaired) electrons. The number of hydrogen-bond donors (Lipinski definition) is 0. The fourth-order valence-electron chi connectivity index (χ4n) is 2.31. The van der Waals surface area contributed by atoms with Crippen molar-refractivity contribution in [3.8, 4) is 0 Å². The Morgan fingerprint density at radius 3 is 2.75 bits per heavy atom. The molecule has 1 heterocycles. The number of fused-ring (bicyclic) bond motifs is 1. The van der Waals surface area contributed by atoms with Crippen molar-refractivity contribution in [2.75, 3.05) is 6.61 Å². The molecule has 6 nitrogen and oxygen atoms in total. The molecular formula is C17H14FN3O3. The standard InChI is InChI=1S/C17H14FN3O3/c1-2-21-15-8-7-11(9-14(15)19-20-21)17(23)24-10-16(22)12-5-3-4-6-13(12)18/h3-9H,2,10H2,1H3. The SMILES string of the molecule is CCn1nnc2cc(C(=O)OCC(=O)c3ccccc3F)ccc21. The van der Waals surface area contributed by atoms with Crippen LogP contribution >= 0.6 is 0 Å². The molecule has 1 aromatic heterocycles. The molecule has 0 saturated heterocycles. The first kappa shape index (κ1) is 15.8. The van der Waals surface area contributed by atoms with Gasteiger partial charge in [0.25, 0.3) is 0 Å². The topological polar surface area (TPSA) is 74.1 Å². The number of Topliss-reactive ketones (excluding diaryl/α,β-unsaturated/α-hetero) is 1. The predicted octanol–water partition coefficient (Wildman–Crippen LogP) is 2.63. The van der Waals surface area contributed by atoms with Gasteiger partial charge < -0.3 is 4.74 Å². The van der Waals surface area contributed by atoms with Gasteiger partial charge in [-0.15, -0.1) is 5.10 Å². The lowest BCUT2D eigenvalue weighted by Crippen LogP contribution is -2.15. The number of hydrogen-bond acceptors (Lipinski definition) is 5. The van der Waals surface area contributed by atoms with Crippen molar-refractivity contribution in [3.05, 3.63) is 59.4 Å². The lowest BCUT2D eigenvalue weighted by atomic mass is 10.1. The molecule has 3 rings (SSSR count). The van der Waals surface area contributed by atoms with E-state index in [2.05, 4.69) is 10.3 Å². The maximum absolute atomic E-state index is 13.5. The van der Waals surface area contributed by atoms with E-state index in [1.807, 2.05) is 6.92 Å². The minimum absolute atomic E-state index is 0.105. The molecule has 2 aromatic carbocycles. The van der Waals surface area contributed by atoms with E-state index in [9.17, 15) is 14.0 Å². The molecule has 0 bridgehead atoms. The Bertz CT molecular complexity index is 920. The quantitative estimate of drug-likeness (QED) is 0.532. The number of halogens is 1. The van der Waals surface area contributed by atoms with Crippen LogP contribution in [0.25, 0.3) is 11.0 Å². The van der Waals surface area contributed by atoms with E-state index in [1.165, 1.54) is 18.2 Å². The van der Waals surface area contributed by atoms with Crippen LogP contribution in [0.5, 0.6) is 0 Å². The highest BCUT2D eigenvalue weighted by Crippen LogP contribution is 2.15. The first-order valence-electron chi connectivity index (χ1n) is 7.38. The summed E-state index contributed by atoms with van der Waals surface area (Å²) in [6, 6.07) is 10.4. The molecule has 0 N–H and O–H groups in total. The van der Waals surface area contributed by atoms with Crippen LogP contribution in [0.2, 0.25) is 0 Å². The average molecular weight is 327 g/mol. The molecule has 0 aliphatic heterocycles. The summed E-state index contributed by atoms with van der Waals surface area (Å²) in [5.41, 5.74) is 1.52. The number of carbonyl (C=O) groups is 2. The summed E-state index contributed by atoms with van der Waals surface area (Å²) in [4.78, 5) is 24.0. The van der Waals surface area contributed by atoms with Gasteiger partial charge in [-0.3, -0.25) is 4.79 Å². The molecule has 0 fully saturated rings. The summed E-state index contributed by atoms with van der Waals surface area (Å²) in [5, 5.41) is 7.93. The summed E-state index contributed by atoms with van der Waals surface area (Å²) in [6.45, 7) is 2.07. The number of esters is 1. The molecular weight excluding hydrogens is 313 g/mol. The van der Waals surface area contributed by atoms with E-state index in [-0.39, 0.29) is 11.1 Å². The van der Waals surface area contributed by atoms with E-state index < -0.39 is 24.2 Å². The summed E-state index contributed by atoms with van der Waals surface area (Å²) in [6.07, 6.45) is 0. The lowest BCUT2D eigenvalue weighted by Gasteiger charge is -2.05. The van der Waals surface area contributed by atoms with Crippen LogP contribution in [0, 0.1) is 5.82 Å². The normalized spacial score (nSPS) is 10.8. The number of aromatic nitrogens is 3. The minimum Gasteiger partial charge on any atom is -0.454 e. The molecule has 3 aromatic rings. The largest absolute Gasteiger partial charge is 0.454 e. The highest BCUT2D eigenvalue weighted by Gasteiger charge is 2.15. The second-order valence-corrected chi connectivity index (χ2v) is 5.09. The number of aryl methyl sites for hydroxylation is 1. The maximum Gasteiger partial charge on any atom is 0.338 e. The van der Waals surface area contributed by atoms with Crippen molar-refractivity contribution in [2.24, 2.45) is 0 Å². The number of benzene rings is 2. The number of nitrogens with zero attached hydrogens (tertiary/aromatic N) is 3. The molecule has 0 unspecified atom stereocenters. The van der Waals surface area contributed by atoms with Gasteiger partial charge in [-0.25, -0.2) is 13.9 Å². The van der Waals surface area contributed by atoms with E-state index >= 15 is 0 Å². The summed E-state index contributed by atoms with van der Waals surface area (Å²) in [5.74, 6) is -1.91. The fraction of sp³-hybridized carbons (Fsp3) is 0.176. The first-order valence-corrected chi connectivity index (χ1v) is 7.38. The van der Waals surface area contributed by atoms with Gasteiger partial charge in [0.15, 0.2) is 6.61 Å². The zero-order chi connectivity index (χ0) is 17.1. The van der Waals surface area contributed by atoms with Crippen LogP contribution in [0.15, 0.2) is 42.5 Å². The maximum atomic E-state index is 13.5. The summed E-state index contributed by atoms with van der Waals surface area (Å²) in [7, 11) is 0. The highest BCUT2D eigenvalue weighted by molar-refractivity contribution is 6.00. The van der Waals surface area contributed by atoms with E-state index in [0.717, 1.165) is 5.52 Å². The van der Waals surface area contributed by atoms with Crippen molar-refractivity contribution in [1.29, 1.82) is 0 Å². The predicted molar refractivity (Wildman–Crippen MR) is 84.2 cm³/mol. The Labute approximate surface area is 136 Å². The molecule has 0 aliphatic rings. The second-order valence-electron chi connectivity index (χ2n) is 5.09. The molecule has 0 amide bonds. The number of carbonyl (C=O) groups excluding carboxylic acids is 2. The first-order chi connectivity index (χ1) is 11.6. The third-order valence-corrected chi connectivity index (χ3v) is 3.56. The molecule has 0 aliphatic carbocycles. The Morgan fingerprint density at radius 1 is 1.21 bits per heavy atom. The van der Waals surface area contributed by atoms with Crippen molar-refractivity contribution in [1.82, 2.24) is 15.0 Å². The Balaban J connectivity index is 1.71. The Hall–Kier alpha value is -3.09. The van der Waals surface area contributed by atoms with Crippen molar-refractivity contribution >= 4 is 22.8 Å². The smallest absolute Gasteiger partial charge is 0.338 e. The van der Waals surface area contributed by atoms with Gasteiger partial charge in [-0.2, -0.15) is 0 Å². The van der Waals surface area contributed by atoms with Gasteiger partial charge >= 0.3 is 5.97 Å². The monoisotopic (exact) mass is 327 g/mol. The van der Waals surface area contributed by atoms with Crippen LogP contribution in [0.1, 0.15) is 27.6 Å². The molecule has 122 valence electrons. The molecule has 24 heavy (non-hydrogen) atoms. The van der Waals surface area contributed by atoms with Gasteiger partial charge in [-0.05, 0) is 37.3 Å². The van der Waals surface area contributed by atoms with Crippen molar-refractivity contribution in [3.63, 3.8) is 0 Å². The third-order valence-electron chi connectivity index (χ3n) is 3.56. The summed E-state index contributed by atoms with van der Waals surface area (Å²) < 4.78 is 20.2. The number of rotatable bonds is 5. The van der Waals surface area contributed by atoms with Crippen molar-refractivity contribution < 1.29 is 18.7 Å². The van der Waals surface area contributed by atoms with E-state index in [4.69, 9.17) is 4.74 Å². The van der Waals surface area contributed by atoms with Gasteiger partial charge in [0.2, 0.25) is 5.78 Å². The van der Waals surface area contributed by atoms with Crippen LogP contribution in [-0.4, -0.2) is 33.4 Å². The van der Waals surface area contributed by atoms with Gasteiger partial charge in [0.1, 0.15) is 11.3 Å². The van der Waals surface area contributed by atoms with Crippen LogP contribution in [-0.2, 0) is 11.3 Å². The van der Waals surface area contributed by atoms with Gasteiger partial charge in [-0.1, -0.05) is 17.3 Å². The van der Waals surface area contributed by atoms with Gasteiger partial charge in [0.05, 0.1) is 16.6 Å². The zero-order valence-electron chi connectivity index (χ0n) is 12.9. The second kappa shape index (κ2) is 6.57. The Morgan fingerprint density at radius 2 is 2.00 bits per heavy atom. The van der Waals surface area contributed by atoms with E-state index in [0.29, 0.717) is 12.1 Å². The number of ketones is 1. The van der Waals surface area contributed by atoms with Crippen LogP contribution in [0.4, 0.5) is 4.39 Å². The number of ether oxygens (including phenoxy) is 1. The third kappa shape index (κ3) is 3.01. The average Bonchev–Trinajstić information content (AvgIpc) is 3.02. The van der Waals surface area contributed by atoms with Crippen LogP contribution < -0.4 is 0 Å². The zero-order valence-corrected chi connectivity index (χ0v) is 12.9. The fourth-order valence-corrected chi connectivity index (χ4v) is 2.31. The molecule has 7 heteroatoms. The molecule has 0 atom stereocenters. The molecule has 0 spiro atoms. The lowest BCUT2D eigenvalue weighted by molar-refractivity contribution is 0.0473. The molecule has 0 saturated carbocycles. The van der Waals surface area contributed by atoms with Crippen molar-refractivity contribution in [2.45, 2.75) is 13.5 Å². The highest BCUT2D eigenvalue weighted by atomic mass is 19.1. The van der Waals surface area contributed by atoms with E-state index in [1.54, 1.807) is 28.9 Å².